The molecule has 0 spiro atoms. The number of ether oxygens (including phenoxy) is 2. The highest BCUT2D eigenvalue weighted by Crippen LogP contribution is 2.33. The van der Waals surface area contributed by atoms with Crippen LogP contribution >= 0.6 is 0 Å². The summed E-state index contributed by atoms with van der Waals surface area (Å²) < 4.78 is 49.2. The predicted octanol–water partition coefficient (Wildman–Crippen LogP) is 4.58. The summed E-state index contributed by atoms with van der Waals surface area (Å²) in [7, 11) is 1.43. The molecular weight excluding hydrogens is 373 g/mol. The molecule has 2 rings (SSSR count). The van der Waals surface area contributed by atoms with Crippen molar-refractivity contribution in [2.24, 2.45) is 0 Å². The third-order valence-corrected chi connectivity index (χ3v) is 3.72. The Morgan fingerprint density at radius 3 is 2.61 bits per heavy atom. The van der Waals surface area contributed by atoms with E-state index < -0.39 is 17.6 Å². The van der Waals surface area contributed by atoms with Gasteiger partial charge in [0.25, 0.3) is 0 Å². The summed E-state index contributed by atoms with van der Waals surface area (Å²) in [5, 5.41) is 11.0. The van der Waals surface area contributed by atoms with Gasteiger partial charge in [-0.15, -0.1) is 0 Å². The maximum atomic E-state index is 13.0. The smallest absolute Gasteiger partial charge is 0.416 e. The summed E-state index contributed by atoms with van der Waals surface area (Å²) in [6, 6.07) is 10.3. The number of anilines is 1. The lowest BCUT2D eigenvalue weighted by Gasteiger charge is -2.12. The van der Waals surface area contributed by atoms with E-state index in [1.165, 1.54) is 38.3 Å². The second-order valence-corrected chi connectivity index (χ2v) is 5.71. The van der Waals surface area contributed by atoms with E-state index in [1.54, 1.807) is 18.2 Å². The van der Waals surface area contributed by atoms with Crippen LogP contribution in [0.15, 0.2) is 42.5 Å². The van der Waals surface area contributed by atoms with Gasteiger partial charge in [0, 0.05) is 11.8 Å². The van der Waals surface area contributed by atoms with Gasteiger partial charge in [-0.3, -0.25) is 4.79 Å². The van der Waals surface area contributed by atoms with Crippen LogP contribution in [0.1, 0.15) is 16.7 Å². The van der Waals surface area contributed by atoms with Crippen molar-refractivity contribution in [3.8, 4) is 17.6 Å². The number of carbonyl (C=O) groups excluding carboxylic acids is 1. The Hall–Kier alpha value is -3.47. The van der Waals surface area contributed by atoms with E-state index in [2.05, 4.69) is 5.32 Å². The van der Waals surface area contributed by atoms with Crippen molar-refractivity contribution in [3.05, 3.63) is 59.2 Å². The lowest BCUT2D eigenvalue weighted by molar-refractivity contribution is -0.138. The van der Waals surface area contributed by atoms with Crippen LogP contribution in [0.3, 0.4) is 0 Å². The molecule has 2 aromatic rings. The monoisotopic (exact) mass is 390 g/mol. The number of amides is 1. The van der Waals surface area contributed by atoms with Crippen molar-refractivity contribution in [2.45, 2.75) is 13.1 Å². The topological polar surface area (TPSA) is 71.3 Å². The number of hydrogen-bond acceptors (Lipinski definition) is 4. The van der Waals surface area contributed by atoms with Crippen molar-refractivity contribution in [1.29, 1.82) is 5.26 Å². The number of nitrogens with one attached hydrogen (secondary N) is 1. The van der Waals surface area contributed by atoms with Crippen LogP contribution in [-0.2, 0) is 11.0 Å². The molecule has 0 heterocycles. The van der Waals surface area contributed by atoms with Crippen LogP contribution in [-0.4, -0.2) is 19.6 Å². The first-order valence-corrected chi connectivity index (χ1v) is 8.09. The Morgan fingerprint density at radius 2 is 1.96 bits per heavy atom. The number of methoxy groups -OCH3 is 1. The van der Waals surface area contributed by atoms with Gasteiger partial charge in [0.2, 0.25) is 5.91 Å². The molecule has 1 N–H and O–H groups in total. The highest BCUT2D eigenvalue weighted by atomic mass is 19.4. The molecule has 0 fully saturated rings. The molecule has 0 saturated carbocycles. The van der Waals surface area contributed by atoms with E-state index in [0.29, 0.717) is 17.1 Å². The van der Waals surface area contributed by atoms with Crippen LogP contribution in [0, 0.1) is 18.3 Å². The molecule has 0 aliphatic carbocycles. The third-order valence-electron chi connectivity index (χ3n) is 3.72. The Balaban J connectivity index is 2.11. The van der Waals surface area contributed by atoms with Crippen LogP contribution in [0.2, 0.25) is 0 Å². The number of nitriles is 1. The SMILES string of the molecule is COc1cc(/C=C/C(=O)Nc2ccc(C)c(C(F)(F)F)c2)ccc1OCC#N. The fourth-order valence-electron chi connectivity index (χ4n) is 2.38. The molecule has 0 atom stereocenters. The van der Waals surface area contributed by atoms with Gasteiger partial charge in [-0.2, -0.15) is 18.4 Å². The number of benzene rings is 2. The number of hydrogen-bond donors (Lipinski definition) is 1. The Morgan fingerprint density at radius 1 is 1.21 bits per heavy atom. The third kappa shape index (κ3) is 5.51. The molecular formula is C20H17F3N2O3. The first-order valence-electron chi connectivity index (χ1n) is 8.09. The van der Waals surface area contributed by atoms with Gasteiger partial charge in [0.15, 0.2) is 18.1 Å². The minimum atomic E-state index is -4.49. The Labute approximate surface area is 160 Å². The number of aryl methyl sites for hydroxylation is 1. The molecule has 5 nitrogen and oxygen atoms in total. The van der Waals surface area contributed by atoms with Crippen molar-refractivity contribution in [3.63, 3.8) is 0 Å². The van der Waals surface area contributed by atoms with Gasteiger partial charge >= 0.3 is 6.18 Å². The molecule has 0 aliphatic rings. The number of alkyl halides is 3. The second-order valence-electron chi connectivity index (χ2n) is 5.71. The van der Waals surface area contributed by atoms with Gasteiger partial charge in [0.05, 0.1) is 12.7 Å². The molecule has 1 amide bonds. The predicted molar refractivity (Wildman–Crippen MR) is 97.9 cm³/mol. The van der Waals surface area contributed by atoms with Gasteiger partial charge in [-0.25, -0.2) is 0 Å². The Kier molecular flexibility index (Phi) is 6.66. The zero-order valence-corrected chi connectivity index (χ0v) is 15.1. The van der Waals surface area contributed by atoms with Gasteiger partial charge in [-0.1, -0.05) is 12.1 Å². The summed E-state index contributed by atoms with van der Waals surface area (Å²) in [6.45, 7) is 1.22. The minimum absolute atomic E-state index is 0.0467. The average Bonchev–Trinajstić information content (AvgIpc) is 2.65. The molecule has 0 aliphatic heterocycles. The average molecular weight is 390 g/mol. The molecule has 146 valence electrons. The zero-order chi connectivity index (χ0) is 20.7. The zero-order valence-electron chi connectivity index (χ0n) is 15.1. The molecule has 8 heteroatoms. The number of halogens is 3. The number of carbonyl (C=O) groups is 1. The largest absolute Gasteiger partial charge is 0.493 e. The van der Waals surface area contributed by atoms with Gasteiger partial charge in [-0.05, 0) is 48.4 Å². The summed E-state index contributed by atoms with van der Waals surface area (Å²) in [6.07, 6.45) is -1.82. The van der Waals surface area contributed by atoms with E-state index in [0.717, 1.165) is 6.07 Å². The van der Waals surface area contributed by atoms with Gasteiger partial charge < -0.3 is 14.8 Å². The summed E-state index contributed by atoms with van der Waals surface area (Å²) in [5.74, 6) is 0.178. The van der Waals surface area contributed by atoms with E-state index in [4.69, 9.17) is 14.7 Å². The van der Waals surface area contributed by atoms with Gasteiger partial charge in [0.1, 0.15) is 6.07 Å². The van der Waals surface area contributed by atoms with E-state index in [9.17, 15) is 18.0 Å². The lowest BCUT2D eigenvalue weighted by atomic mass is 10.1. The lowest BCUT2D eigenvalue weighted by Crippen LogP contribution is -2.11. The normalized spacial score (nSPS) is 11.1. The van der Waals surface area contributed by atoms with E-state index >= 15 is 0 Å². The molecule has 2 aromatic carbocycles. The van der Waals surface area contributed by atoms with E-state index in [-0.39, 0.29) is 17.9 Å². The highest BCUT2D eigenvalue weighted by Gasteiger charge is 2.32. The second kappa shape index (κ2) is 8.95. The number of rotatable bonds is 6. The fourth-order valence-corrected chi connectivity index (χ4v) is 2.38. The van der Waals surface area contributed by atoms with Crippen molar-refractivity contribution in [2.75, 3.05) is 19.0 Å². The molecule has 0 aromatic heterocycles. The highest BCUT2D eigenvalue weighted by molar-refractivity contribution is 6.02. The number of nitrogens with zero attached hydrogens (tertiary/aromatic N) is 1. The minimum Gasteiger partial charge on any atom is -0.493 e. The summed E-state index contributed by atoms with van der Waals surface area (Å²) in [5.41, 5.74) is -0.0691. The molecule has 0 radical (unpaired) electrons. The fraction of sp³-hybridized carbons (Fsp3) is 0.200. The van der Waals surface area contributed by atoms with Crippen LogP contribution in [0.4, 0.5) is 18.9 Å². The van der Waals surface area contributed by atoms with E-state index in [1.807, 2.05) is 6.07 Å². The molecule has 0 unspecified atom stereocenters. The first kappa shape index (κ1) is 20.8. The quantitative estimate of drug-likeness (QED) is 0.733. The van der Waals surface area contributed by atoms with Crippen LogP contribution in [0.25, 0.3) is 6.08 Å². The molecule has 0 bridgehead atoms. The van der Waals surface area contributed by atoms with Crippen molar-refractivity contribution < 1.29 is 27.4 Å². The van der Waals surface area contributed by atoms with Crippen LogP contribution < -0.4 is 14.8 Å². The standard InChI is InChI=1S/C20H17F3N2O3/c1-13-3-6-15(12-16(13)20(21,22)23)25-19(26)8-5-14-4-7-17(28-10-9-24)18(11-14)27-2/h3-8,11-12H,10H2,1-2H3,(H,25,26)/b8-5+. The summed E-state index contributed by atoms with van der Waals surface area (Å²) in [4.78, 5) is 12.0. The summed E-state index contributed by atoms with van der Waals surface area (Å²) >= 11 is 0. The van der Waals surface area contributed by atoms with Crippen molar-refractivity contribution >= 4 is 17.7 Å². The van der Waals surface area contributed by atoms with Crippen LogP contribution in [0.5, 0.6) is 11.5 Å². The molecule has 28 heavy (non-hydrogen) atoms. The first-order chi connectivity index (χ1) is 13.2. The Bertz CT molecular complexity index is 931. The van der Waals surface area contributed by atoms with Crippen molar-refractivity contribution in [1.82, 2.24) is 0 Å². The maximum absolute atomic E-state index is 13.0. The molecule has 0 saturated heterocycles. The maximum Gasteiger partial charge on any atom is 0.416 e.